The van der Waals surface area contributed by atoms with Crippen LogP contribution in [0, 0.1) is 5.41 Å². The molecule has 0 radical (unpaired) electrons. The van der Waals surface area contributed by atoms with E-state index in [4.69, 9.17) is 11.6 Å². The summed E-state index contributed by atoms with van der Waals surface area (Å²) in [6.45, 7) is 6.54. The van der Waals surface area contributed by atoms with Crippen molar-refractivity contribution < 1.29 is 0 Å². The lowest BCUT2D eigenvalue weighted by molar-refractivity contribution is 0.399. The molecule has 2 heterocycles. The lowest BCUT2D eigenvalue weighted by Gasteiger charge is -2.16. The third kappa shape index (κ3) is 2.12. The molecule has 3 nitrogen and oxygen atoms in total. The van der Waals surface area contributed by atoms with Crippen LogP contribution in [0.4, 0.5) is 0 Å². The Hall–Kier alpha value is -1.09. The maximum Gasteiger partial charge on any atom is 0.179 e. The van der Waals surface area contributed by atoms with Crippen LogP contribution in [-0.2, 0) is 6.42 Å². The van der Waals surface area contributed by atoms with Gasteiger partial charge in [0.1, 0.15) is 5.82 Å². The lowest BCUT2D eigenvalue weighted by atomic mass is 9.92. The van der Waals surface area contributed by atoms with E-state index in [-0.39, 0.29) is 5.41 Å². The highest BCUT2D eigenvalue weighted by molar-refractivity contribution is 6.33. The van der Waals surface area contributed by atoms with Gasteiger partial charge in [0, 0.05) is 12.6 Å². The average molecular weight is 224 g/mol. The van der Waals surface area contributed by atoms with Crippen molar-refractivity contribution in [3.05, 3.63) is 29.2 Å². The Balaban J connectivity index is 2.50. The second-order valence-corrected chi connectivity index (χ2v) is 5.31. The summed E-state index contributed by atoms with van der Waals surface area (Å²) < 4.78 is 1.95. The maximum atomic E-state index is 6.02. The van der Waals surface area contributed by atoms with Crippen molar-refractivity contribution in [2.75, 3.05) is 0 Å². The van der Waals surface area contributed by atoms with E-state index in [1.165, 1.54) is 0 Å². The van der Waals surface area contributed by atoms with Gasteiger partial charge in [-0.1, -0.05) is 32.4 Å². The first-order valence-electron chi connectivity index (χ1n) is 4.95. The van der Waals surface area contributed by atoms with E-state index < -0.39 is 0 Å². The van der Waals surface area contributed by atoms with Gasteiger partial charge in [-0.25, -0.2) is 0 Å². The van der Waals surface area contributed by atoms with Crippen LogP contribution in [0.1, 0.15) is 26.6 Å². The van der Waals surface area contributed by atoms with Crippen LogP contribution in [-0.4, -0.2) is 14.6 Å². The first kappa shape index (κ1) is 10.4. The summed E-state index contributed by atoms with van der Waals surface area (Å²) in [5, 5.41) is 8.90. The average Bonchev–Trinajstić information content (AvgIpc) is 2.48. The molecule has 0 aliphatic heterocycles. The highest BCUT2D eigenvalue weighted by Gasteiger charge is 2.16. The SMILES string of the molecule is CC(C)(C)Cc1nnc2c(Cl)cccn12. The third-order valence-electron chi connectivity index (χ3n) is 2.15. The predicted molar refractivity (Wildman–Crippen MR) is 61.2 cm³/mol. The smallest absolute Gasteiger partial charge is 0.179 e. The summed E-state index contributed by atoms with van der Waals surface area (Å²) in [6.07, 6.45) is 2.83. The van der Waals surface area contributed by atoms with E-state index >= 15 is 0 Å². The molecule has 2 rings (SSSR count). The van der Waals surface area contributed by atoms with Crippen molar-refractivity contribution in [1.82, 2.24) is 14.6 Å². The van der Waals surface area contributed by atoms with E-state index in [0.29, 0.717) is 5.02 Å². The molecule has 15 heavy (non-hydrogen) atoms. The zero-order valence-electron chi connectivity index (χ0n) is 9.16. The van der Waals surface area contributed by atoms with Gasteiger partial charge in [0.2, 0.25) is 0 Å². The third-order valence-corrected chi connectivity index (χ3v) is 2.44. The fourth-order valence-electron chi connectivity index (χ4n) is 1.53. The summed E-state index contributed by atoms with van der Waals surface area (Å²) in [5.41, 5.74) is 0.934. The molecule has 0 amide bonds. The molecule has 0 aliphatic carbocycles. The van der Waals surface area contributed by atoms with Crippen LogP contribution >= 0.6 is 11.6 Å². The first-order chi connectivity index (χ1) is 6.97. The number of fused-ring (bicyclic) bond motifs is 1. The molecule has 2 aromatic heterocycles. The second-order valence-electron chi connectivity index (χ2n) is 4.90. The number of aromatic nitrogens is 3. The van der Waals surface area contributed by atoms with Crippen LogP contribution in [0.15, 0.2) is 18.3 Å². The van der Waals surface area contributed by atoms with Crippen LogP contribution < -0.4 is 0 Å². The van der Waals surface area contributed by atoms with E-state index in [1.807, 2.05) is 22.7 Å². The zero-order chi connectivity index (χ0) is 11.1. The monoisotopic (exact) mass is 223 g/mol. The summed E-state index contributed by atoms with van der Waals surface area (Å²) in [6, 6.07) is 3.73. The van der Waals surface area contributed by atoms with Crippen molar-refractivity contribution in [1.29, 1.82) is 0 Å². The summed E-state index contributed by atoms with van der Waals surface area (Å²) >= 11 is 6.02. The number of rotatable bonds is 1. The normalized spacial score (nSPS) is 12.3. The molecule has 0 unspecified atom stereocenters. The van der Waals surface area contributed by atoms with Crippen molar-refractivity contribution in [3.8, 4) is 0 Å². The molecule has 0 saturated heterocycles. The topological polar surface area (TPSA) is 30.2 Å². The predicted octanol–water partition coefficient (Wildman–Crippen LogP) is 2.97. The van der Waals surface area contributed by atoms with Crippen LogP contribution in [0.5, 0.6) is 0 Å². The van der Waals surface area contributed by atoms with Crippen molar-refractivity contribution in [2.45, 2.75) is 27.2 Å². The van der Waals surface area contributed by atoms with Gasteiger partial charge in [-0.15, -0.1) is 10.2 Å². The Morgan fingerprint density at radius 1 is 1.33 bits per heavy atom. The van der Waals surface area contributed by atoms with Gasteiger partial charge in [-0.05, 0) is 17.5 Å². The molecule has 0 atom stereocenters. The number of hydrogen-bond acceptors (Lipinski definition) is 2. The van der Waals surface area contributed by atoms with Crippen LogP contribution in [0.2, 0.25) is 5.02 Å². The molecule has 0 aliphatic rings. The molecule has 0 aromatic carbocycles. The zero-order valence-corrected chi connectivity index (χ0v) is 9.91. The minimum atomic E-state index is 0.200. The fraction of sp³-hybridized carbons (Fsp3) is 0.455. The van der Waals surface area contributed by atoms with E-state index in [2.05, 4.69) is 31.0 Å². The molecule has 0 bridgehead atoms. The minimum absolute atomic E-state index is 0.200. The molecule has 0 saturated carbocycles. The Labute approximate surface area is 94.1 Å². The number of pyridine rings is 1. The van der Waals surface area contributed by atoms with Crippen molar-refractivity contribution in [3.63, 3.8) is 0 Å². The fourth-order valence-corrected chi connectivity index (χ4v) is 1.73. The molecular weight excluding hydrogens is 210 g/mol. The van der Waals surface area contributed by atoms with Gasteiger partial charge >= 0.3 is 0 Å². The largest absolute Gasteiger partial charge is 0.285 e. The summed E-state index contributed by atoms with van der Waals surface area (Å²) in [7, 11) is 0. The second kappa shape index (κ2) is 3.49. The van der Waals surface area contributed by atoms with Gasteiger partial charge in [0.15, 0.2) is 5.65 Å². The maximum absolute atomic E-state index is 6.02. The Morgan fingerprint density at radius 3 is 2.73 bits per heavy atom. The molecule has 0 spiro atoms. The lowest BCUT2D eigenvalue weighted by Crippen LogP contribution is -2.11. The number of nitrogens with zero attached hydrogens (tertiary/aromatic N) is 3. The van der Waals surface area contributed by atoms with Crippen molar-refractivity contribution in [2.24, 2.45) is 5.41 Å². The quantitative estimate of drug-likeness (QED) is 0.744. The first-order valence-corrected chi connectivity index (χ1v) is 5.33. The molecule has 80 valence electrons. The standard InChI is InChI=1S/C11H14ClN3/c1-11(2,3)7-9-13-14-10-8(12)5-4-6-15(9)10/h4-6H,7H2,1-3H3. The van der Waals surface area contributed by atoms with Gasteiger partial charge in [-0.2, -0.15) is 0 Å². The van der Waals surface area contributed by atoms with Crippen LogP contribution in [0.25, 0.3) is 5.65 Å². The molecule has 2 aromatic rings. The molecular formula is C11H14ClN3. The highest BCUT2D eigenvalue weighted by atomic mass is 35.5. The van der Waals surface area contributed by atoms with Gasteiger partial charge in [0.25, 0.3) is 0 Å². The Bertz CT molecular complexity index is 482. The van der Waals surface area contributed by atoms with E-state index in [1.54, 1.807) is 0 Å². The van der Waals surface area contributed by atoms with Gasteiger partial charge < -0.3 is 0 Å². The van der Waals surface area contributed by atoms with Crippen molar-refractivity contribution >= 4 is 17.2 Å². The van der Waals surface area contributed by atoms with Crippen LogP contribution in [0.3, 0.4) is 0 Å². The number of halogens is 1. The van der Waals surface area contributed by atoms with E-state index in [0.717, 1.165) is 17.9 Å². The Kier molecular flexibility index (Phi) is 2.43. The number of hydrogen-bond donors (Lipinski definition) is 0. The summed E-state index contributed by atoms with van der Waals surface area (Å²) in [5.74, 6) is 0.958. The summed E-state index contributed by atoms with van der Waals surface area (Å²) in [4.78, 5) is 0. The molecule has 0 N–H and O–H groups in total. The highest BCUT2D eigenvalue weighted by Crippen LogP contribution is 2.21. The van der Waals surface area contributed by atoms with E-state index in [9.17, 15) is 0 Å². The molecule has 0 fully saturated rings. The Morgan fingerprint density at radius 2 is 2.07 bits per heavy atom. The van der Waals surface area contributed by atoms with Gasteiger partial charge in [0.05, 0.1) is 5.02 Å². The van der Waals surface area contributed by atoms with Gasteiger partial charge in [-0.3, -0.25) is 4.40 Å². The minimum Gasteiger partial charge on any atom is -0.285 e. The molecule has 4 heteroatoms.